The number of aromatic amines is 1. The summed E-state index contributed by atoms with van der Waals surface area (Å²) in [5, 5.41) is 0. The van der Waals surface area contributed by atoms with Gasteiger partial charge in [-0.1, -0.05) is 0 Å². The van der Waals surface area contributed by atoms with E-state index in [9.17, 15) is 13.6 Å². The molecular weight excluding hydrogens is 294 g/mol. The van der Waals surface area contributed by atoms with Crippen LogP contribution in [-0.2, 0) is 0 Å². The lowest BCUT2D eigenvalue weighted by Crippen LogP contribution is -2.09. The Hall–Kier alpha value is -1.56. The van der Waals surface area contributed by atoms with Gasteiger partial charge in [-0.15, -0.1) is 0 Å². The first-order valence-corrected chi connectivity index (χ1v) is 5.50. The number of halogens is 3. The van der Waals surface area contributed by atoms with Crippen LogP contribution in [0, 0.1) is 18.6 Å². The van der Waals surface area contributed by atoms with E-state index in [0.717, 1.165) is 12.1 Å². The number of rotatable bonds is 1. The van der Waals surface area contributed by atoms with Crippen LogP contribution in [0.25, 0.3) is 11.3 Å². The molecule has 1 heterocycles. The molecule has 2 rings (SSSR count). The van der Waals surface area contributed by atoms with E-state index in [-0.39, 0.29) is 15.7 Å². The van der Waals surface area contributed by atoms with Crippen molar-refractivity contribution in [3.63, 3.8) is 0 Å². The minimum absolute atomic E-state index is 0.0254. The highest BCUT2D eigenvalue weighted by Crippen LogP contribution is 2.28. The molecule has 1 aromatic carbocycles. The second-order valence-corrected chi connectivity index (χ2v) is 4.29. The fraction of sp³-hybridized carbons (Fsp3) is 0.0909. The third kappa shape index (κ3) is 2.26. The van der Waals surface area contributed by atoms with Crippen LogP contribution in [0.1, 0.15) is 5.82 Å². The molecule has 88 valence electrons. The molecule has 0 fully saturated rings. The second-order valence-electron chi connectivity index (χ2n) is 3.43. The van der Waals surface area contributed by atoms with Crippen LogP contribution in [0.15, 0.2) is 27.5 Å². The van der Waals surface area contributed by atoms with Crippen molar-refractivity contribution in [2.75, 3.05) is 0 Å². The lowest BCUT2D eigenvalue weighted by atomic mass is 10.1. The average Bonchev–Trinajstić information content (AvgIpc) is 2.23. The maximum Gasteiger partial charge on any atom is 0.251 e. The molecule has 0 spiro atoms. The van der Waals surface area contributed by atoms with E-state index < -0.39 is 17.2 Å². The molecule has 0 aliphatic heterocycles. The quantitative estimate of drug-likeness (QED) is 0.823. The van der Waals surface area contributed by atoms with E-state index in [1.807, 2.05) is 0 Å². The molecule has 6 heteroatoms. The molecule has 1 N–H and O–H groups in total. The molecule has 0 unspecified atom stereocenters. The van der Waals surface area contributed by atoms with Crippen molar-refractivity contribution in [3.05, 3.63) is 50.5 Å². The van der Waals surface area contributed by atoms with Crippen molar-refractivity contribution >= 4 is 15.9 Å². The van der Waals surface area contributed by atoms with Gasteiger partial charge in [-0.3, -0.25) is 4.79 Å². The summed E-state index contributed by atoms with van der Waals surface area (Å²) in [6.07, 6.45) is 0. The van der Waals surface area contributed by atoms with Crippen molar-refractivity contribution in [2.45, 2.75) is 6.92 Å². The Bertz CT molecular complexity index is 640. The van der Waals surface area contributed by atoms with Crippen molar-refractivity contribution < 1.29 is 8.78 Å². The molecule has 0 saturated heterocycles. The van der Waals surface area contributed by atoms with E-state index in [0.29, 0.717) is 5.82 Å². The Kier molecular flexibility index (Phi) is 3.06. The van der Waals surface area contributed by atoms with Crippen LogP contribution in [0.2, 0.25) is 0 Å². The first-order valence-electron chi connectivity index (χ1n) is 4.71. The van der Waals surface area contributed by atoms with Gasteiger partial charge in [0.1, 0.15) is 17.5 Å². The fourth-order valence-electron chi connectivity index (χ4n) is 1.47. The predicted molar refractivity (Wildman–Crippen MR) is 62.6 cm³/mol. The highest BCUT2D eigenvalue weighted by Gasteiger charge is 2.16. The highest BCUT2D eigenvalue weighted by molar-refractivity contribution is 9.10. The number of nitrogens with one attached hydrogen (secondary N) is 1. The Balaban J connectivity index is 2.76. The van der Waals surface area contributed by atoms with Crippen LogP contribution < -0.4 is 5.56 Å². The zero-order chi connectivity index (χ0) is 12.6. The molecule has 17 heavy (non-hydrogen) atoms. The molecule has 0 atom stereocenters. The maximum absolute atomic E-state index is 13.8. The van der Waals surface area contributed by atoms with Crippen molar-refractivity contribution in [2.24, 2.45) is 0 Å². The van der Waals surface area contributed by atoms with E-state index in [1.54, 1.807) is 6.92 Å². The standard InChI is InChI=1S/C11H7BrF2N2O/c1-5-15-8(4-9(17)16-5)10-7(13)3-2-6(12)11(10)14/h2-4H,1H3,(H,15,16,17). The summed E-state index contributed by atoms with van der Waals surface area (Å²) < 4.78 is 27.5. The second kappa shape index (κ2) is 4.37. The highest BCUT2D eigenvalue weighted by atomic mass is 79.9. The number of hydrogen-bond acceptors (Lipinski definition) is 2. The van der Waals surface area contributed by atoms with E-state index in [2.05, 4.69) is 25.9 Å². The van der Waals surface area contributed by atoms with E-state index in [4.69, 9.17) is 0 Å². The minimum Gasteiger partial charge on any atom is -0.311 e. The van der Waals surface area contributed by atoms with Crippen LogP contribution in [-0.4, -0.2) is 9.97 Å². The van der Waals surface area contributed by atoms with Gasteiger partial charge >= 0.3 is 0 Å². The summed E-state index contributed by atoms with van der Waals surface area (Å²) in [6, 6.07) is 3.43. The Labute approximate surface area is 104 Å². The number of nitrogens with zero attached hydrogens (tertiary/aromatic N) is 1. The van der Waals surface area contributed by atoms with E-state index >= 15 is 0 Å². The summed E-state index contributed by atoms with van der Waals surface area (Å²) in [4.78, 5) is 17.6. The monoisotopic (exact) mass is 300 g/mol. The van der Waals surface area contributed by atoms with Crippen molar-refractivity contribution in [1.29, 1.82) is 0 Å². The van der Waals surface area contributed by atoms with Crippen molar-refractivity contribution in [3.8, 4) is 11.3 Å². The number of aryl methyl sites for hydroxylation is 1. The van der Waals surface area contributed by atoms with Gasteiger partial charge in [-0.05, 0) is 35.0 Å². The fourth-order valence-corrected chi connectivity index (χ4v) is 1.80. The zero-order valence-electron chi connectivity index (χ0n) is 8.72. The third-order valence-electron chi connectivity index (χ3n) is 2.16. The number of hydrogen-bond donors (Lipinski definition) is 1. The average molecular weight is 301 g/mol. The van der Waals surface area contributed by atoms with Crippen LogP contribution in [0.3, 0.4) is 0 Å². The predicted octanol–water partition coefficient (Wildman–Crippen LogP) is 2.79. The number of H-pyrrole nitrogens is 1. The normalized spacial score (nSPS) is 10.6. The molecular formula is C11H7BrF2N2O. The Morgan fingerprint density at radius 2 is 2.06 bits per heavy atom. The zero-order valence-corrected chi connectivity index (χ0v) is 10.3. The molecule has 3 nitrogen and oxygen atoms in total. The van der Waals surface area contributed by atoms with Gasteiger partial charge in [-0.25, -0.2) is 13.8 Å². The molecule has 0 amide bonds. The first-order chi connectivity index (χ1) is 7.99. The molecule has 0 aliphatic carbocycles. The van der Waals surface area contributed by atoms with Gasteiger partial charge in [-0.2, -0.15) is 0 Å². The lowest BCUT2D eigenvalue weighted by molar-refractivity contribution is 0.584. The van der Waals surface area contributed by atoms with Gasteiger partial charge in [0.25, 0.3) is 5.56 Å². The number of benzene rings is 1. The Morgan fingerprint density at radius 3 is 2.71 bits per heavy atom. The number of aromatic nitrogens is 2. The molecule has 0 bridgehead atoms. The van der Waals surface area contributed by atoms with Gasteiger partial charge in [0, 0.05) is 6.07 Å². The summed E-state index contributed by atoms with van der Waals surface area (Å²) in [5.41, 5.74) is -0.789. The van der Waals surface area contributed by atoms with Gasteiger partial charge in [0.05, 0.1) is 15.7 Å². The largest absolute Gasteiger partial charge is 0.311 e. The topological polar surface area (TPSA) is 45.8 Å². The molecule has 0 saturated carbocycles. The molecule has 0 aliphatic rings. The lowest BCUT2D eigenvalue weighted by Gasteiger charge is -2.06. The Morgan fingerprint density at radius 1 is 1.35 bits per heavy atom. The SMILES string of the molecule is Cc1nc(-c2c(F)ccc(Br)c2F)cc(=O)[nH]1. The van der Waals surface area contributed by atoms with Gasteiger partial charge in [0.2, 0.25) is 0 Å². The van der Waals surface area contributed by atoms with Crippen LogP contribution >= 0.6 is 15.9 Å². The van der Waals surface area contributed by atoms with Crippen molar-refractivity contribution in [1.82, 2.24) is 9.97 Å². The molecule has 0 radical (unpaired) electrons. The van der Waals surface area contributed by atoms with Gasteiger partial charge < -0.3 is 4.98 Å². The maximum atomic E-state index is 13.8. The summed E-state index contributed by atoms with van der Waals surface area (Å²) in [7, 11) is 0. The summed E-state index contributed by atoms with van der Waals surface area (Å²) >= 11 is 2.96. The van der Waals surface area contributed by atoms with Gasteiger partial charge in [0.15, 0.2) is 0 Å². The van der Waals surface area contributed by atoms with E-state index in [1.165, 1.54) is 6.07 Å². The smallest absolute Gasteiger partial charge is 0.251 e. The summed E-state index contributed by atoms with van der Waals surface area (Å²) in [6.45, 7) is 1.54. The van der Waals surface area contributed by atoms with Crippen LogP contribution in [0.4, 0.5) is 8.78 Å². The minimum atomic E-state index is -0.775. The third-order valence-corrected chi connectivity index (χ3v) is 2.77. The summed E-state index contributed by atoms with van der Waals surface area (Å²) in [5.74, 6) is -1.24. The first kappa shape index (κ1) is 11.9. The molecule has 1 aromatic heterocycles. The molecule has 2 aromatic rings. The van der Waals surface area contributed by atoms with Crippen LogP contribution in [0.5, 0.6) is 0 Å².